The summed E-state index contributed by atoms with van der Waals surface area (Å²) in [6.07, 6.45) is 4.17. The van der Waals surface area contributed by atoms with E-state index >= 15 is 0 Å². The van der Waals surface area contributed by atoms with Gasteiger partial charge in [-0.15, -0.1) is 0 Å². The van der Waals surface area contributed by atoms with E-state index in [1.165, 1.54) is 18.9 Å². The quantitative estimate of drug-likeness (QED) is 0.914. The first-order valence-electron chi connectivity index (χ1n) is 6.26. The highest BCUT2D eigenvalue weighted by molar-refractivity contribution is 6.30. The smallest absolute Gasteiger partial charge is 0.164 e. The van der Waals surface area contributed by atoms with Crippen LogP contribution in [0, 0.1) is 5.82 Å². The van der Waals surface area contributed by atoms with Crippen LogP contribution < -0.4 is 5.32 Å². The van der Waals surface area contributed by atoms with E-state index in [4.69, 9.17) is 11.6 Å². The topological polar surface area (TPSA) is 42.7 Å². The van der Waals surface area contributed by atoms with Crippen LogP contribution in [0.5, 0.6) is 0 Å². The maximum absolute atomic E-state index is 13.0. The first-order valence-corrected chi connectivity index (χ1v) is 6.64. The van der Waals surface area contributed by atoms with E-state index < -0.39 is 5.82 Å². The van der Waals surface area contributed by atoms with Crippen LogP contribution in [-0.2, 0) is 13.1 Å². The summed E-state index contributed by atoms with van der Waals surface area (Å²) in [5, 5.41) is 7.85. The summed E-state index contributed by atoms with van der Waals surface area (Å²) in [6.45, 7) is 1.23. The van der Waals surface area contributed by atoms with Crippen molar-refractivity contribution in [1.82, 2.24) is 20.1 Å². The molecule has 0 amide bonds. The van der Waals surface area contributed by atoms with Crippen LogP contribution in [-0.4, -0.2) is 20.8 Å². The SMILES string of the molecule is Fc1ccc(Cn2cnc(CNC3CC3)n2)cc1Cl. The molecule has 1 heterocycles. The van der Waals surface area contributed by atoms with Crippen molar-refractivity contribution in [2.45, 2.75) is 32.0 Å². The lowest BCUT2D eigenvalue weighted by molar-refractivity contribution is 0.619. The number of halogens is 2. The van der Waals surface area contributed by atoms with Crippen molar-refractivity contribution in [3.63, 3.8) is 0 Å². The van der Waals surface area contributed by atoms with Gasteiger partial charge in [0.25, 0.3) is 0 Å². The number of nitrogens with one attached hydrogen (secondary N) is 1. The predicted molar refractivity (Wildman–Crippen MR) is 70.4 cm³/mol. The number of rotatable bonds is 5. The molecule has 4 nitrogen and oxygen atoms in total. The van der Waals surface area contributed by atoms with E-state index in [1.54, 1.807) is 23.1 Å². The van der Waals surface area contributed by atoms with E-state index in [2.05, 4.69) is 15.4 Å². The molecule has 1 saturated carbocycles. The van der Waals surface area contributed by atoms with Crippen molar-refractivity contribution in [2.75, 3.05) is 0 Å². The standard InChI is InChI=1S/C13H14ClFN4/c14-11-5-9(1-4-12(11)15)7-19-8-17-13(18-19)6-16-10-2-3-10/h1,4-5,8,10,16H,2-3,6-7H2. The molecule has 3 rings (SSSR count). The molecule has 0 saturated heterocycles. The molecule has 0 unspecified atom stereocenters. The highest BCUT2D eigenvalue weighted by Gasteiger charge is 2.20. The molecule has 2 aromatic rings. The minimum atomic E-state index is -0.404. The second-order valence-corrected chi connectivity index (χ2v) is 5.17. The second-order valence-electron chi connectivity index (χ2n) is 4.76. The predicted octanol–water partition coefficient (Wildman–Crippen LogP) is 2.37. The first kappa shape index (κ1) is 12.6. The number of aromatic nitrogens is 3. The normalized spacial score (nSPS) is 14.8. The van der Waals surface area contributed by atoms with E-state index in [-0.39, 0.29) is 5.02 Å². The zero-order chi connectivity index (χ0) is 13.2. The van der Waals surface area contributed by atoms with Gasteiger partial charge in [0.1, 0.15) is 12.1 Å². The Balaban J connectivity index is 1.63. The van der Waals surface area contributed by atoms with Gasteiger partial charge in [0.05, 0.1) is 18.1 Å². The third-order valence-electron chi connectivity index (χ3n) is 3.04. The molecule has 1 aliphatic carbocycles. The lowest BCUT2D eigenvalue weighted by Crippen LogP contribution is -2.16. The van der Waals surface area contributed by atoms with Gasteiger partial charge in [0.2, 0.25) is 0 Å². The molecule has 19 heavy (non-hydrogen) atoms. The van der Waals surface area contributed by atoms with Crippen molar-refractivity contribution >= 4 is 11.6 Å². The van der Waals surface area contributed by atoms with Gasteiger partial charge in [-0.25, -0.2) is 14.1 Å². The largest absolute Gasteiger partial charge is 0.307 e. The Morgan fingerprint density at radius 3 is 3.00 bits per heavy atom. The van der Waals surface area contributed by atoms with Crippen LogP contribution >= 0.6 is 11.6 Å². The molecule has 1 fully saturated rings. The summed E-state index contributed by atoms with van der Waals surface area (Å²) in [7, 11) is 0. The van der Waals surface area contributed by atoms with Crippen LogP contribution in [0.3, 0.4) is 0 Å². The zero-order valence-corrected chi connectivity index (χ0v) is 11.1. The second kappa shape index (κ2) is 5.27. The Bertz CT molecular complexity index is 580. The van der Waals surface area contributed by atoms with Crippen molar-refractivity contribution in [3.05, 3.63) is 46.8 Å². The summed E-state index contributed by atoms with van der Waals surface area (Å²) in [5.41, 5.74) is 0.901. The monoisotopic (exact) mass is 280 g/mol. The van der Waals surface area contributed by atoms with Crippen LogP contribution in [0.25, 0.3) is 0 Å². The van der Waals surface area contributed by atoms with Gasteiger partial charge in [0, 0.05) is 6.04 Å². The zero-order valence-electron chi connectivity index (χ0n) is 10.3. The fourth-order valence-electron chi connectivity index (χ4n) is 1.84. The van der Waals surface area contributed by atoms with E-state index in [0.717, 1.165) is 11.4 Å². The maximum Gasteiger partial charge on any atom is 0.164 e. The average Bonchev–Trinajstić information content (AvgIpc) is 3.12. The van der Waals surface area contributed by atoms with Crippen molar-refractivity contribution in [2.24, 2.45) is 0 Å². The minimum Gasteiger partial charge on any atom is -0.307 e. The fraction of sp³-hybridized carbons (Fsp3) is 0.385. The van der Waals surface area contributed by atoms with Gasteiger partial charge in [-0.2, -0.15) is 5.10 Å². The van der Waals surface area contributed by atoms with Gasteiger partial charge in [-0.05, 0) is 30.5 Å². The van der Waals surface area contributed by atoms with Gasteiger partial charge in [-0.1, -0.05) is 17.7 Å². The fourth-order valence-corrected chi connectivity index (χ4v) is 2.04. The van der Waals surface area contributed by atoms with Gasteiger partial charge in [-0.3, -0.25) is 0 Å². The molecule has 0 atom stereocenters. The Morgan fingerprint density at radius 1 is 1.42 bits per heavy atom. The van der Waals surface area contributed by atoms with E-state index in [1.807, 2.05) is 0 Å². The lowest BCUT2D eigenvalue weighted by Gasteiger charge is -2.02. The molecule has 0 radical (unpaired) electrons. The average molecular weight is 281 g/mol. The molecule has 1 N–H and O–H groups in total. The molecule has 1 aromatic carbocycles. The molecule has 0 spiro atoms. The third-order valence-corrected chi connectivity index (χ3v) is 3.33. The number of hydrogen-bond donors (Lipinski definition) is 1. The molecular weight excluding hydrogens is 267 g/mol. The number of hydrogen-bond acceptors (Lipinski definition) is 3. The third kappa shape index (κ3) is 3.30. The molecule has 6 heteroatoms. The maximum atomic E-state index is 13.0. The van der Waals surface area contributed by atoms with Gasteiger partial charge >= 0.3 is 0 Å². The van der Waals surface area contributed by atoms with Gasteiger partial charge in [0.15, 0.2) is 5.82 Å². The van der Waals surface area contributed by atoms with Gasteiger partial charge < -0.3 is 5.32 Å². The molecule has 1 aromatic heterocycles. The first-order chi connectivity index (χ1) is 9.20. The van der Waals surface area contributed by atoms with Crippen LogP contribution in [0.4, 0.5) is 4.39 Å². The lowest BCUT2D eigenvalue weighted by atomic mass is 10.2. The van der Waals surface area contributed by atoms with Crippen molar-refractivity contribution < 1.29 is 4.39 Å². The Hall–Kier alpha value is -1.46. The minimum absolute atomic E-state index is 0.133. The summed E-state index contributed by atoms with van der Waals surface area (Å²) in [5.74, 6) is 0.374. The Labute approximate surface area is 115 Å². The van der Waals surface area contributed by atoms with Crippen LogP contribution in [0.2, 0.25) is 5.02 Å². The van der Waals surface area contributed by atoms with Crippen LogP contribution in [0.1, 0.15) is 24.2 Å². The summed E-state index contributed by atoms with van der Waals surface area (Å²) in [6, 6.07) is 5.32. The Morgan fingerprint density at radius 2 is 2.26 bits per heavy atom. The molecular formula is C13H14ClFN4. The van der Waals surface area contributed by atoms with Crippen LogP contribution in [0.15, 0.2) is 24.5 Å². The van der Waals surface area contributed by atoms with Crippen molar-refractivity contribution in [3.8, 4) is 0 Å². The number of benzene rings is 1. The summed E-state index contributed by atoms with van der Waals surface area (Å²) >= 11 is 5.75. The molecule has 0 aliphatic heterocycles. The Kier molecular flexibility index (Phi) is 3.48. The molecule has 100 valence electrons. The van der Waals surface area contributed by atoms with Crippen molar-refractivity contribution in [1.29, 1.82) is 0 Å². The molecule has 0 bridgehead atoms. The summed E-state index contributed by atoms with van der Waals surface area (Å²) < 4.78 is 14.8. The van der Waals surface area contributed by atoms with E-state index in [0.29, 0.717) is 19.1 Å². The summed E-state index contributed by atoms with van der Waals surface area (Å²) in [4.78, 5) is 4.23. The van der Waals surface area contributed by atoms with E-state index in [9.17, 15) is 4.39 Å². The highest BCUT2D eigenvalue weighted by Crippen LogP contribution is 2.19. The highest BCUT2D eigenvalue weighted by atomic mass is 35.5. The molecule has 1 aliphatic rings. The number of nitrogens with zero attached hydrogens (tertiary/aromatic N) is 3.